The smallest absolute Gasteiger partial charge is 0.324 e. The molecule has 1 aliphatic heterocycles. The lowest BCUT2D eigenvalue weighted by Crippen LogP contribution is -2.23. The van der Waals surface area contributed by atoms with E-state index >= 15 is 0 Å². The summed E-state index contributed by atoms with van der Waals surface area (Å²) in [5.74, 6) is 1.65. The monoisotopic (exact) mass is 253 g/mol. The third-order valence-corrected chi connectivity index (χ3v) is 3.41. The first kappa shape index (κ1) is 12.3. The van der Waals surface area contributed by atoms with Gasteiger partial charge in [0.25, 0.3) is 0 Å². The molecule has 2 aromatic carbocycles. The van der Waals surface area contributed by atoms with E-state index in [2.05, 4.69) is 12.9 Å². The molecule has 19 heavy (non-hydrogen) atoms. The quantitative estimate of drug-likeness (QED) is 0.853. The summed E-state index contributed by atoms with van der Waals surface area (Å²) in [4.78, 5) is 0. The minimum atomic E-state index is 0.185. The number of fused-ring (bicyclic) bond motifs is 1. The second kappa shape index (κ2) is 5.07. The highest BCUT2D eigenvalue weighted by atomic mass is 16.5. The lowest BCUT2D eigenvalue weighted by molar-refractivity contribution is 0.333. The van der Waals surface area contributed by atoms with Crippen molar-refractivity contribution >= 4 is 12.4 Å². The zero-order valence-electron chi connectivity index (χ0n) is 10.9. The van der Waals surface area contributed by atoms with Gasteiger partial charge < -0.3 is 15.1 Å². The van der Waals surface area contributed by atoms with E-state index in [0.29, 0.717) is 13.2 Å². The molecule has 0 aromatic heterocycles. The van der Waals surface area contributed by atoms with Gasteiger partial charge in [-0.05, 0) is 40.9 Å². The largest absolute Gasteiger partial charge is 0.457 e. The maximum absolute atomic E-state index is 5.87. The van der Waals surface area contributed by atoms with Gasteiger partial charge in [-0.3, -0.25) is 0 Å². The highest BCUT2D eigenvalue weighted by Gasteiger charge is 2.23. The van der Waals surface area contributed by atoms with Crippen LogP contribution in [-0.2, 0) is 17.8 Å². The Hall–Kier alpha value is -1.78. The van der Waals surface area contributed by atoms with Gasteiger partial charge in [-0.25, -0.2) is 0 Å². The molecule has 4 heteroatoms. The average molecular weight is 253 g/mol. The summed E-state index contributed by atoms with van der Waals surface area (Å²) in [7, 11) is 0. The van der Waals surface area contributed by atoms with E-state index in [-0.39, 0.29) is 6.92 Å². The number of hydrogen-bond acceptors (Lipinski definition) is 3. The van der Waals surface area contributed by atoms with E-state index in [0.717, 1.165) is 17.1 Å². The molecule has 0 unspecified atom stereocenters. The number of rotatable bonds is 3. The molecule has 0 saturated carbocycles. The average Bonchev–Trinajstić information content (AvgIpc) is 2.80. The van der Waals surface area contributed by atoms with Crippen LogP contribution in [0.15, 0.2) is 42.5 Å². The summed E-state index contributed by atoms with van der Waals surface area (Å²) < 4.78 is 11.5. The van der Waals surface area contributed by atoms with Crippen LogP contribution >= 0.6 is 0 Å². The summed E-state index contributed by atoms with van der Waals surface area (Å²) in [5.41, 5.74) is 9.16. The molecule has 0 aliphatic carbocycles. The highest BCUT2D eigenvalue weighted by Crippen LogP contribution is 2.24. The van der Waals surface area contributed by atoms with Gasteiger partial charge in [0.1, 0.15) is 11.5 Å². The molecular formula is C15H16BNO2. The molecule has 0 spiro atoms. The first-order valence-corrected chi connectivity index (χ1v) is 6.47. The van der Waals surface area contributed by atoms with Crippen molar-refractivity contribution in [3.8, 4) is 11.5 Å². The van der Waals surface area contributed by atoms with Crippen molar-refractivity contribution in [2.45, 2.75) is 20.0 Å². The van der Waals surface area contributed by atoms with Crippen LogP contribution in [0.3, 0.4) is 0 Å². The standard InChI is InChI=1S/C15H16BNO2/c1-16-15-6-5-14(8-12(15)10-18-16)19-13-4-2-3-11(7-13)9-17/h2-8H,9-10,17H2,1H3. The molecule has 96 valence electrons. The Morgan fingerprint density at radius 3 is 2.89 bits per heavy atom. The van der Waals surface area contributed by atoms with E-state index in [4.69, 9.17) is 15.1 Å². The number of ether oxygens (including phenoxy) is 1. The van der Waals surface area contributed by atoms with Crippen molar-refractivity contribution in [1.29, 1.82) is 0 Å². The highest BCUT2D eigenvalue weighted by molar-refractivity contribution is 6.67. The SMILES string of the molecule is CB1OCc2cc(Oc3cccc(CN)c3)ccc21. The van der Waals surface area contributed by atoms with Crippen molar-refractivity contribution < 1.29 is 9.39 Å². The van der Waals surface area contributed by atoms with Crippen LogP contribution < -0.4 is 15.9 Å². The van der Waals surface area contributed by atoms with Crippen LogP contribution in [-0.4, -0.2) is 6.92 Å². The second-order valence-electron chi connectivity index (χ2n) is 4.77. The van der Waals surface area contributed by atoms with E-state index in [1.54, 1.807) is 0 Å². The Morgan fingerprint density at radius 1 is 1.21 bits per heavy atom. The third-order valence-electron chi connectivity index (χ3n) is 3.41. The van der Waals surface area contributed by atoms with Crippen molar-refractivity contribution in [3.63, 3.8) is 0 Å². The second-order valence-corrected chi connectivity index (χ2v) is 4.77. The molecule has 3 nitrogen and oxygen atoms in total. The summed E-state index contributed by atoms with van der Waals surface area (Å²) in [6.45, 7) is 3.44. The molecule has 0 bridgehead atoms. The molecular weight excluding hydrogens is 237 g/mol. The third kappa shape index (κ3) is 2.50. The van der Waals surface area contributed by atoms with Gasteiger partial charge in [-0.2, -0.15) is 0 Å². The summed E-state index contributed by atoms with van der Waals surface area (Å²) in [5, 5.41) is 0. The fourth-order valence-electron chi connectivity index (χ4n) is 2.34. The van der Waals surface area contributed by atoms with Gasteiger partial charge in [-0.1, -0.05) is 25.0 Å². The molecule has 2 aromatic rings. The molecule has 2 N–H and O–H groups in total. The Labute approximate surface area is 113 Å². The number of hydrogen-bond donors (Lipinski definition) is 1. The summed E-state index contributed by atoms with van der Waals surface area (Å²) in [6.07, 6.45) is 0. The maximum atomic E-state index is 5.87. The van der Waals surface area contributed by atoms with Gasteiger partial charge in [0.05, 0.1) is 6.61 Å². The normalized spacial score (nSPS) is 13.5. The van der Waals surface area contributed by atoms with Crippen LogP contribution in [0.2, 0.25) is 6.82 Å². The van der Waals surface area contributed by atoms with Crippen molar-refractivity contribution in [3.05, 3.63) is 53.6 Å². The molecule has 1 aliphatic rings. The van der Waals surface area contributed by atoms with Gasteiger partial charge in [0, 0.05) is 6.54 Å². The predicted molar refractivity (Wildman–Crippen MR) is 76.9 cm³/mol. The Kier molecular flexibility index (Phi) is 3.28. The Morgan fingerprint density at radius 2 is 2.05 bits per heavy atom. The van der Waals surface area contributed by atoms with E-state index < -0.39 is 0 Å². The lowest BCUT2D eigenvalue weighted by atomic mass is 9.64. The van der Waals surface area contributed by atoms with Crippen LogP contribution in [0, 0.1) is 0 Å². The zero-order chi connectivity index (χ0) is 13.2. The van der Waals surface area contributed by atoms with E-state index in [9.17, 15) is 0 Å². The topological polar surface area (TPSA) is 44.5 Å². The molecule has 0 atom stereocenters. The van der Waals surface area contributed by atoms with Crippen molar-refractivity contribution in [2.24, 2.45) is 5.73 Å². The minimum absolute atomic E-state index is 0.185. The molecule has 0 fully saturated rings. The number of nitrogens with two attached hydrogens (primary N) is 1. The lowest BCUT2D eigenvalue weighted by Gasteiger charge is -2.08. The van der Waals surface area contributed by atoms with Crippen LogP contribution in [0.4, 0.5) is 0 Å². The zero-order valence-corrected chi connectivity index (χ0v) is 10.9. The molecule has 1 heterocycles. The molecule has 0 amide bonds. The predicted octanol–water partition coefficient (Wildman–Crippen LogP) is 2.30. The molecule has 0 saturated heterocycles. The van der Waals surface area contributed by atoms with Gasteiger partial charge in [0.2, 0.25) is 0 Å². The van der Waals surface area contributed by atoms with Gasteiger partial charge >= 0.3 is 6.92 Å². The first-order valence-electron chi connectivity index (χ1n) is 6.47. The van der Waals surface area contributed by atoms with Crippen molar-refractivity contribution in [2.75, 3.05) is 0 Å². The van der Waals surface area contributed by atoms with E-state index in [1.165, 1.54) is 11.0 Å². The maximum Gasteiger partial charge on any atom is 0.324 e. The molecule has 0 radical (unpaired) electrons. The fraction of sp³-hybridized carbons (Fsp3) is 0.200. The first-order chi connectivity index (χ1) is 9.26. The van der Waals surface area contributed by atoms with Gasteiger partial charge in [-0.15, -0.1) is 0 Å². The molecule has 3 rings (SSSR count). The summed E-state index contributed by atoms with van der Waals surface area (Å²) in [6, 6.07) is 14.0. The summed E-state index contributed by atoms with van der Waals surface area (Å²) >= 11 is 0. The van der Waals surface area contributed by atoms with Crippen molar-refractivity contribution in [1.82, 2.24) is 0 Å². The fourth-order valence-corrected chi connectivity index (χ4v) is 2.34. The minimum Gasteiger partial charge on any atom is -0.457 e. The van der Waals surface area contributed by atoms with Crippen LogP contribution in [0.25, 0.3) is 0 Å². The van der Waals surface area contributed by atoms with Crippen LogP contribution in [0.1, 0.15) is 11.1 Å². The number of benzene rings is 2. The van der Waals surface area contributed by atoms with Crippen LogP contribution in [0.5, 0.6) is 11.5 Å². The Balaban J connectivity index is 1.83. The van der Waals surface area contributed by atoms with E-state index in [1.807, 2.05) is 36.4 Å². The Bertz CT molecular complexity index is 600. The van der Waals surface area contributed by atoms with Gasteiger partial charge in [0.15, 0.2) is 0 Å².